The second-order valence-electron chi connectivity index (χ2n) is 9.43. The van der Waals surface area contributed by atoms with E-state index >= 15 is 0 Å². The summed E-state index contributed by atoms with van der Waals surface area (Å²) < 4.78 is 12.3. The highest BCUT2D eigenvalue weighted by atomic mass is 16.5. The van der Waals surface area contributed by atoms with Crippen LogP contribution in [0.1, 0.15) is 64.4 Å². The number of nitrogens with zero attached hydrogens (tertiary/aromatic N) is 1. The zero-order valence-electron chi connectivity index (χ0n) is 18.2. The van der Waals surface area contributed by atoms with Gasteiger partial charge in [0.15, 0.2) is 0 Å². The largest absolute Gasteiger partial charge is 0.376 e. The van der Waals surface area contributed by atoms with Crippen molar-refractivity contribution >= 4 is 5.91 Å². The average molecular weight is 404 g/mol. The van der Waals surface area contributed by atoms with Crippen molar-refractivity contribution in [3.8, 4) is 0 Å². The van der Waals surface area contributed by atoms with E-state index < -0.39 is 5.41 Å². The van der Waals surface area contributed by atoms with E-state index in [9.17, 15) is 10.0 Å². The fourth-order valence-electron chi connectivity index (χ4n) is 5.06. The summed E-state index contributed by atoms with van der Waals surface area (Å²) in [7, 11) is 1.40. The first-order valence-corrected chi connectivity index (χ1v) is 11.1. The van der Waals surface area contributed by atoms with E-state index in [2.05, 4.69) is 24.3 Å². The highest BCUT2D eigenvalue weighted by molar-refractivity contribution is 5.80. The molecule has 5 heteroatoms. The number of unbranched alkanes of at least 4 members (excludes halogenated alkanes) is 2. The van der Waals surface area contributed by atoms with Gasteiger partial charge in [0, 0.05) is 18.4 Å². The van der Waals surface area contributed by atoms with Gasteiger partial charge >= 0.3 is 0 Å². The lowest BCUT2D eigenvalue weighted by molar-refractivity contribution is -0.169. The van der Waals surface area contributed by atoms with Crippen LogP contribution in [0.25, 0.3) is 0 Å². The normalized spacial score (nSPS) is 26.1. The van der Waals surface area contributed by atoms with Gasteiger partial charge in [0.05, 0.1) is 25.4 Å². The van der Waals surface area contributed by atoms with E-state index in [1.54, 1.807) is 0 Å². The molecule has 2 aliphatic heterocycles. The molecule has 2 fully saturated rings. The molecule has 2 heterocycles. The Morgan fingerprint density at radius 3 is 2.52 bits per heavy atom. The van der Waals surface area contributed by atoms with Gasteiger partial charge in [0.2, 0.25) is 0 Å². The van der Waals surface area contributed by atoms with Crippen LogP contribution in [0.2, 0.25) is 0 Å². The minimum atomic E-state index is -0.507. The third-order valence-electron chi connectivity index (χ3n) is 6.72. The van der Waals surface area contributed by atoms with Gasteiger partial charge in [0.1, 0.15) is 0 Å². The van der Waals surface area contributed by atoms with Gasteiger partial charge in [-0.1, -0.05) is 63.4 Å². The monoisotopic (exact) mass is 403 g/mol. The number of hydrogen-bond acceptors (Lipinski definition) is 4. The summed E-state index contributed by atoms with van der Waals surface area (Å²) in [6.45, 7) is 5.27. The molecule has 4 unspecified atom stereocenters. The van der Waals surface area contributed by atoms with Crippen LogP contribution in [-0.2, 0) is 20.9 Å². The van der Waals surface area contributed by atoms with E-state index in [1.165, 1.54) is 31.9 Å². The summed E-state index contributed by atoms with van der Waals surface area (Å²) in [6.07, 6.45) is 8.39. The maximum absolute atomic E-state index is 12.0. The summed E-state index contributed by atoms with van der Waals surface area (Å²) in [5, 5.41) is 10.1. The van der Waals surface area contributed by atoms with Crippen molar-refractivity contribution in [2.75, 3.05) is 13.7 Å². The summed E-state index contributed by atoms with van der Waals surface area (Å²) in [6, 6.07) is 10.3. The molecule has 29 heavy (non-hydrogen) atoms. The molecule has 3 rings (SSSR count). The van der Waals surface area contributed by atoms with E-state index in [1.807, 2.05) is 19.9 Å². The summed E-state index contributed by atoms with van der Waals surface area (Å²) in [5.41, 5.74) is 0.714. The number of hydrogen-bond donors (Lipinski definition) is 1. The van der Waals surface area contributed by atoms with E-state index in [4.69, 9.17) is 9.47 Å². The van der Waals surface area contributed by atoms with Gasteiger partial charge in [-0.15, -0.1) is 0 Å². The minimum Gasteiger partial charge on any atom is -0.376 e. The van der Waals surface area contributed by atoms with Crippen molar-refractivity contribution in [2.24, 2.45) is 17.3 Å². The maximum Gasteiger partial charge on any atom is 0.251 e. The van der Waals surface area contributed by atoms with E-state index in [0.29, 0.717) is 35.7 Å². The van der Waals surface area contributed by atoms with E-state index in [0.717, 1.165) is 32.3 Å². The van der Waals surface area contributed by atoms with Gasteiger partial charge in [-0.25, -0.2) is 5.06 Å². The molecule has 0 spiro atoms. The maximum atomic E-state index is 12.0. The molecule has 2 saturated heterocycles. The molecule has 162 valence electrons. The van der Waals surface area contributed by atoms with Crippen molar-refractivity contribution in [3.05, 3.63) is 35.9 Å². The highest BCUT2D eigenvalue weighted by Crippen LogP contribution is 2.46. The molecule has 0 radical (unpaired) electrons. The number of benzene rings is 1. The quantitative estimate of drug-likeness (QED) is 0.327. The molecule has 0 saturated carbocycles. The van der Waals surface area contributed by atoms with Crippen LogP contribution in [0.3, 0.4) is 0 Å². The molecule has 2 aliphatic rings. The van der Waals surface area contributed by atoms with Crippen LogP contribution < -0.4 is 0 Å². The zero-order chi connectivity index (χ0) is 20.9. The number of amides is 1. The molecule has 1 aromatic rings. The third kappa shape index (κ3) is 5.80. The first-order valence-electron chi connectivity index (χ1n) is 11.1. The van der Waals surface area contributed by atoms with Gasteiger partial charge in [0.25, 0.3) is 5.91 Å². The summed E-state index contributed by atoms with van der Waals surface area (Å²) >= 11 is 0. The van der Waals surface area contributed by atoms with Gasteiger partial charge in [-0.2, -0.15) is 0 Å². The van der Waals surface area contributed by atoms with Crippen molar-refractivity contribution in [2.45, 2.75) is 77.6 Å². The Balaban J connectivity index is 1.39. The fraction of sp³-hybridized carbons (Fsp3) is 0.708. The van der Waals surface area contributed by atoms with Crippen molar-refractivity contribution in [1.82, 2.24) is 5.06 Å². The average Bonchev–Trinajstić information content (AvgIpc) is 3.30. The molecule has 1 aromatic carbocycles. The Morgan fingerprint density at radius 2 is 1.83 bits per heavy atom. The second kappa shape index (κ2) is 10.1. The van der Waals surface area contributed by atoms with Crippen LogP contribution in [0.15, 0.2) is 30.3 Å². The Morgan fingerprint density at radius 1 is 1.14 bits per heavy atom. The van der Waals surface area contributed by atoms with Crippen LogP contribution in [0.4, 0.5) is 0 Å². The van der Waals surface area contributed by atoms with Gasteiger partial charge in [-0.05, 0) is 37.2 Å². The third-order valence-corrected chi connectivity index (χ3v) is 6.72. The minimum absolute atomic E-state index is 0.213. The highest BCUT2D eigenvalue weighted by Gasteiger charge is 2.48. The smallest absolute Gasteiger partial charge is 0.251 e. The fourth-order valence-corrected chi connectivity index (χ4v) is 5.06. The first-order chi connectivity index (χ1) is 13.9. The Kier molecular flexibility index (Phi) is 7.72. The standard InChI is InChI=1S/C24H37NO4/c1-24(2,23(26)25(3)27)15-9-5-8-12-19-20(22-14-13-21(19)29-22)17-28-16-18-10-6-4-7-11-18/h4,6-7,10-11,19-22,27H,5,8-9,12-17H2,1-3H3. The van der Waals surface area contributed by atoms with Crippen LogP contribution in [0, 0.1) is 17.3 Å². The lowest BCUT2D eigenvalue weighted by Crippen LogP contribution is -2.36. The number of fused-ring (bicyclic) bond motifs is 2. The first kappa shape index (κ1) is 22.3. The lowest BCUT2D eigenvalue weighted by Gasteiger charge is -2.28. The number of ether oxygens (including phenoxy) is 2. The SMILES string of the molecule is CN(O)C(=O)C(C)(C)CCCCCC1C2CCC(O2)C1COCc1ccccc1. The van der Waals surface area contributed by atoms with Gasteiger partial charge < -0.3 is 9.47 Å². The molecule has 2 bridgehead atoms. The number of hydroxylamine groups is 2. The van der Waals surface area contributed by atoms with Crippen LogP contribution in [0.5, 0.6) is 0 Å². The molecular weight excluding hydrogens is 366 g/mol. The van der Waals surface area contributed by atoms with E-state index in [-0.39, 0.29) is 5.91 Å². The predicted octanol–water partition coefficient (Wildman–Crippen LogP) is 4.82. The molecular formula is C24H37NO4. The number of carbonyl (C=O) groups is 1. The van der Waals surface area contributed by atoms with Crippen LogP contribution in [-0.4, -0.2) is 42.0 Å². The number of carbonyl (C=O) groups excluding carboxylic acids is 1. The zero-order valence-corrected chi connectivity index (χ0v) is 18.2. The molecule has 5 nitrogen and oxygen atoms in total. The van der Waals surface area contributed by atoms with Crippen molar-refractivity contribution in [1.29, 1.82) is 0 Å². The van der Waals surface area contributed by atoms with Crippen molar-refractivity contribution in [3.63, 3.8) is 0 Å². The summed E-state index contributed by atoms with van der Waals surface area (Å²) in [5.74, 6) is 0.899. The molecule has 0 aromatic heterocycles. The summed E-state index contributed by atoms with van der Waals surface area (Å²) in [4.78, 5) is 12.0. The molecule has 1 amide bonds. The Labute approximate surface area is 175 Å². The van der Waals surface area contributed by atoms with Crippen LogP contribution >= 0.6 is 0 Å². The topological polar surface area (TPSA) is 59.0 Å². The van der Waals surface area contributed by atoms with Crippen molar-refractivity contribution < 1.29 is 19.5 Å². The molecule has 1 N–H and O–H groups in total. The predicted molar refractivity (Wildman–Crippen MR) is 112 cm³/mol. The molecule has 4 atom stereocenters. The Bertz CT molecular complexity index is 646. The lowest BCUT2D eigenvalue weighted by atomic mass is 9.77. The second-order valence-corrected chi connectivity index (χ2v) is 9.43. The Hall–Kier alpha value is -1.43. The molecule has 0 aliphatic carbocycles. The number of rotatable bonds is 11. The van der Waals surface area contributed by atoms with Gasteiger partial charge in [-0.3, -0.25) is 10.0 Å².